The van der Waals surface area contributed by atoms with Crippen molar-refractivity contribution in [3.63, 3.8) is 0 Å². The Hall–Kier alpha value is -2.97. The smallest absolute Gasteiger partial charge is 0.243 e. The first-order valence-corrected chi connectivity index (χ1v) is 13.0. The van der Waals surface area contributed by atoms with Crippen LogP contribution in [0.15, 0.2) is 59.8 Å². The highest BCUT2D eigenvalue weighted by Gasteiger charge is 2.34. The highest BCUT2D eigenvalue weighted by atomic mass is 32.2. The lowest BCUT2D eigenvalue weighted by molar-refractivity contribution is -0.126. The molecule has 0 saturated carbocycles. The van der Waals surface area contributed by atoms with Gasteiger partial charge in [-0.1, -0.05) is 48.0 Å². The zero-order chi connectivity index (χ0) is 24.5. The number of nitrogens with zero attached hydrogens (tertiary/aromatic N) is 3. The number of aromatic nitrogens is 2. The Balaban J connectivity index is 1.48. The largest absolute Gasteiger partial charge is 0.342 e. The molecule has 1 saturated heterocycles. The van der Waals surface area contributed by atoms with E-state index in [0.29, 0.717) is 30.8 Å². The molecular weight excluding hydrogens is 448 g/mol. The summed E-state index contributed by atoms with van der Waals surface area (Å²) in [6, 6.07) is 13.2. The Bertz CT molecular complexity index is 1250. The van der Waals surface area contributed by atoms with Gasteiger partial charge in [0.25, 0.3) is 0 Å². The first-order chi connectivity index (χ1) is 16.2. The number of benzene rings is 2. The quantitative estimate of drug-likeness (QED) is 0.584. The number of rotatable bonds is 6. The molecule has 1 fully saturated rings. The maximum atomic E-state index is 13.4. The van der Waals surface area contributed by atoms with E-state index < -0.39 is 10.0 Å². The lowest BCUT2D eigenvalue weighted by atomic mass is 9.96. The molecular formula is C26H32N4O3S. The second-order valence-corrected chi connectivity index (χ2v) is 11.0. The average Bonchev–Trinajstić information content (AvgIpc) is 3.22. The van der Waals surface area contributed by atoms with Crippen LogP contribution in [0, 0.1) is 26.7 Å². The van der Waals surface area contributed by atoms with Gasteiger partial charge in [-0.05, 0) is 50.3 Å². The fourth-order valence-corrected chi connectivity index (χ4v) is 6.80. The molecule has 3 aromatic rings. The number of carbonyl (C=O) groups excluding carboxylic acids is 1. The van der Waals surface area contributed by atoms with Crippen molar-refractivity contribution in [3.05, 3.63) is 82.9 Å². The molecule has 0 unspecified atom stereocenters. The molecule has 1 N–H and O–H groups in total. The summed E-state index contributed by atoms with van der Waals surface area (Å²) in [5.41, 5.74) is 3.52. The van der Waals surface area contributed by atoms with Crippen LogP contribution in [0.5, 0.6) is 0 Å². The van der Waals surface area contributed by atoms with Crippen molar-refractivity contribution in [1.82, 2.24) is 19.2 Å². The van der Waals surface area contributed by atoms with E-state index in [9.17, 15) is 13.2 Å². The van der Waals surface area contributed by atoms with Gasteiger partial charge in [0.05, 0.1) is 4.90 Å². The van der Waals surface area contributed by atoms with Gasteiger partial charge in [-0.2, -0.15) is 4.31 Å². The summed E-state index contributed by atoms with van der Waals surface area (Å²) in [5.74, 6) is 0.430. The second kappa shape index (κ2) is 9.72. The minimum absolute atomic E-state index is 0.0726. The van der Waals surface area contributed by atoms with Crippen molar-refractivity contribution in [2.24, 2.45) is 13.0 Å². The summed E-state index contributed by atoms with van der Waals surface area (Å²) in [5, 5.41) is 3.17. The minimum atomic E-state index is -3.61. The van der Waals surface area contributed by atoms with E-state index >= 15 is 0 Å². The number of hydrogen-bond donors (Lipinski definition) is 1. The highest BCUT2D eigenvalue weighted by Crippen LogP contribution is 2.29. The van der Waals surface area contributed by atoms with Crippen LogP contribution in [-0.2, 0) is 21.9 Å². The third-order valence-corrected chi connectivity index (χ3v) is 8.77. The molecule has 1 aliphatic heterocycles. The van der Waals surface area contributed by atoms with Gasteiger partial charge >= 0.3 is 0 Å². The number of imidazole rings is 1. The third kappa shape index (κ3) is 4.79. The average molecular weight is 481 g/mol. The summed E-state index contributed by atoms with van der Waals surface area (Å²) in [7, 11) is -1.70. The SMILES string of the molecule is Cc1cc(C)c(S(=O)(=O)N2CCC(C(=O)N[C@H](c3ccccc3)c3nccn3C)CC2)c(C)c1. The van der Waals surface area contributed by atoms with E-state index in [2.05, 4.69) is 10.3 Å². The molecule has 1 aromatic heterocycles. The normalized spacial score (nSPS) is 16.4. The Morgan fingerprint density at radius 1 is 1.06 bits per heavy atom. The fraction of sp³-hybridized carbons (Fsp3) is 0.385. The molecule has 2 aromatic carbocycles. The van der Waals surface area contributed by atoms with E-state index in [4.69, 9.17) is 0 Å². The van der Waals surface area contributed by atoms with Gasteiger partial charge in [-0.15, -0.1) is 0 Å². The van der Waals surface area contributed by atoms with Gasteiger partial charge in [-0.25, -0.2) is 13.4 Å². The molecule has 2 heterocycles. The van der Waals surface area contributed by atoms with E-state index in [1.54, 1.807) is 6.20 Å². The first-order valence-electron chi connectivity index (χ1n) is 11.6. The molecule has 1 aliphatic rings. The summed E-state index contributed by atoms with van der Waals surface area (Å²) >= 11 is 0. The van der Waals surface area contributed by atoms with Crippen LogP contribution in [0.4, 0.5) is 0 Å². The lowest BCUT2D eigenvalue weighted by Gasteiger charge is -2.32. The minimum Gasteiger partial charge on any atom is -0.342 e. The predicted octanol–water partition coefficient (Wildman–Crippen LogP) is 3.65. The number of piperidine rings is 1. The van der Waals surface area contributed by atoms with Crippen LogP contribution in [0.25, 0.3) is 0 Å². The fourth-order valence-electron chi connectivity index (χ4n) is 4.92. The summed E-state index contributed by atoms with van der Waals surface area (Å²) in [6.07, 6.45) is 4.54. The summed E-state index contributed by atoms with van der Waals surface area (Å²) in [4.78, 5) is 18.1. The number of carbonyl (C=O) groups is 1. The lowest BCUT2D eigenvalue weighted by Crippen LogP contribution is -2.44. The van der Waals surface area contributed by atoms with Crippen molar-refractivity contribution in [1.29, 1.82) is 0 Å². The Morgan fingerprint density at radius 2 is 1.68 bits per heavy atom. The number of sulfonamides is 1. The molecule has 7 nitrogen and oxygen atoms in total. The molecule has 1 atom stereocenters. The Kier molecular flexibility index (Phi) is 6.91. The highest BCUT2D eigenvalue weighted by molar-refractivity contribution is 7.89. The van der Waals surface area contributed by atoms with Crippen LogP contribution in [0.2, 0.25) is 0 Å². The van der Waals surface area contributed by atoms with Gasteiger partial charge in [0, 0.05) is 38.4 Å². The van der Waals surface area contributed by atoms with Crippen LogP contribution < -0.4 is 5.32 Å². The maximum Gasteiger partial charge on any atom is 0.243 e. The van der Waals surface area contributed by atoms with Gasteiger partial charge in [0.15, 0.2) is 0 Å². The molecule has 0 aliphatic carbocycles. The Labute approximate surface area is 201 Å². The number of amides is 1. The van der Waals surface area contributed by atoms with Crippen LogP contribution in [0.3, 0.4) is 0 Å². The predicted molar refractivity (Wildman–Crippen MR) is 132 cm³/mol. The second-order valence-electron chi connectivity index (χ2n) is 9.15. The topological polar surface area (TPSA) is 84.3 Å². The molecule has 8 heteroatoms. The maximum absolute atomic E-state index is 13.4. The van der Waals surface area contributed by atoms with E-state index in [1.807, 2.05) is 81.0 Å². The van der Waals surface area contributed by atoms with Crippen molar-refractivity contribution < 1.29 is 13.2 Å². The monoisotopic (exact) mass is 480 g/mol. The van der Waals surface area contributed by atoms with E-state index in [1.165, 1.54) is 4.31 Å². The number of aryl methyl sites for hydroxylation is 4. The standard InChI is InChI=1S/C26H32N4O3S/c1-18-16-19(2)24(20(3)17-18)34(32,33)30-13-10-22(11-14-30)26(31)28-23(21-8-6-5-7-9-21)25-27-12-15-29(25)4/h5-9,12,15-17,22-23H,10-11,13-14H2,1-4H3,(H,28,31)/t23-/m1/s1. The Morgan fingerprint density at radius 3 is 2.24 bits per heavy atom. The molecule has 0 radical (unpaired) electrons. The zero-order valence-electron chi connectivity index (χ0n) is 20.2. The van der Waals surface area contributed by atoms with Gasteiger partial charge in [0.1, 0.15) is 11.9 Å². The summed E-state index contributed by atoms with van der Waals surface area (Å²) < 4.78 is 30.2. The molecule has 1 amide bonds. The zero-order valence-corrected chi connectivity index (χ0v) is 21.0. The molecule has 0 bridgehead atoms. The van der Waals surface area contributed by atoms with Crippen molar-refractivity contribution >= 4 is 15.9 Å². The van der Waals surface area contributed by atoms with Gasteiger partial charge in [0.2, 0.25) is 15.9 Å². The number of nitrogens with one attached hydrogen (secondary N) is 1. The molecule has 180 valence electrons. The third-order valence-electron chi connectivity index (χ3n) is 6.56. The van der Waals surface area contributed by atoms with Gasteiger partial charge < -0.3 is 9.88 Å². The van der Waals surface area contributed by atoms with Crippen molar-refractivity contribution in [3.8, 4) is 0 Å². The molecule has 34 heavy (non-hydrogen) atoms. The van der Waals surface area contributed by atoms with E-state index in [-0.39, 0.29) is 17.9 Å². The van der Waals surface area contributed by atoms with Crippen molar-refractivity contribution in [2.75, 3.05) is 13.1 Å². The number of hydrogen-bond acceptors (Lipinski definition) is 4. The van der Waals surface area contributed by atoms with Crippen LogP contribution in [-0.4, -0.2) is 41.3 Å². The van der Waals surface area contributed by atoms with Crippen LogP contribution in [0.1, 0.15) is 47.0 Å². The van der Waals surface area contributed by atoms with Gasteiger partial charge in [-0.3, -0.25) is 4.79 Å². The summed E-state index contributed by atoms with van der Waals surface area (Å²) in [6.45, 7) is 6.30. The first kappa shape index (κ1) is 24.2. The van der Waals surface area contributed by atoms with E-state index in [0.717, 1.165) is 28.1 Å². The molecule has 4 rings (SSSR count). The van der Waals surface area contributed by atoms with Crippen molar-refractivity contribution in [2.45, 2.75) is 44.6 Å². The molecule has 0 spiro atoms. The van der Waals surface area contributed by atoms with Crippen LogP contribution >= 0.6 is 0 Å².